The van der Waals surface area contributed by atoms with Crippen molar-refractivity contribution < 1.29 is 28.2 Å². The number of unbranched alkanes of at least 4 members (excludes halogenated alkanes) is 1. The fourth-order valence-corrected chi connectivity index (χ4v) is 1.90. The lowest BCUT2D eigenvalue weighted by Crippen LogP contribution is -2.36. The maximum Gasteiger partial charge on any atom is 0.416 e. The first-order valence-electron chi connectivity index (χ1n) is 6.60. The van der Waals surface area contributed by atoms with E-state index in [1.165, 1.54) is 6.07 Å². The Morgan fingerprint density at radius 3 is 2.52 bits per heavy atom. The van der Waals surface area contributed by atoms with Gasteiger partial charge in [-0.3, -0.25) is 4.79 Å². The number of halogens is 3. The van der Waals surface area contributed by atoms with E-state index in [4.69, 9.17) is 5.11 Å². The van der Waals surface area contributed by atoms with Crippen molar-refractivity contribution in [1.82, 2.24) is 5.32 Å². The number of hydrogen-bond donors (Lipinski definition) is 3. The molecule has 7 heteroatoms. The Morgan fingerprint density at radius 2 is 2.00 bits per heavy atom. The highest BCUT2D eigenvalue weighted by Crippen LogP contribution is 2.32. The highest BCUT2D eigenvalue weighted by Gasteiger charge is 2.31. The maximum atomic E-state index is 12.6. The number of carbonyl (C=O) groups is 1. The van der Waals surface area contributed by atoms with E-state index in [1.807, 2.05) is 6.92 Å². The highest BCUT2D eigenvalue weighted by atomic mass is 19.4. The Labute approximate surface area is 120 Å². The van der Waals surface area contributed by atoms with Crippen LogP contribution >= 0.6 is 0 Å². The van der Waals surface area contributed by atoms with E-state index in [-0.39, 0.29) is 12.1 Å². The standard InChI is InChI=1S/C14H18F3NO3/c1-2-3-4-12(13(20)21)18-8-9-5-10(14(15,16)17)7-11(19)6-9/h5-7,12,18-19H,2-4,8H2,1H3,(H,20,21). The van der Waals surface area contributed by atoms with Crippen LogP contribution in [0, 0.1) is 0 Å². The summed E-state index contributed by atoms with van der Waals surface area (Å²) in [6, 6.07) is 1.89. The van der Waals surface area contributed by atoms with Crippen LogP contribution in [0.1, 0.15) is 37.3 Å². The number of aromatic hydroxyl groups is 1. The minimum Gasteiger partial charge on any atom is -0.508 e. The summed E-state index contributed by atoms with van der Waals surface area (Å²) in [5, 5.41) is 21.1. The summed E-state index contributed by atoms with van der Waals surface area (Å²) in [4.78, 5) is 11.0. The number of hydrogen-bond acceptors (Lipinski definition) is 3. The van der Waals surface area contributed by atoms with Crippen LogP contribution in [0.4, 0.5) is 13.2 Å². The van der Waals surface area contributed by atoms with E-state index in [1.54, 1.807) is 0 Å². The minimum atomic E-state index is -4.55. The molecule has 0 aliphatic carbocycles. The molecule has 4 nitrogen and oxygen atoms in total. The van der Waals surface area contributed by atoms with Gasteiger partial charge in [0, 0.05) is 6.54 Å². The van der Waals surface area contributed by atoms with Gasteiger partial charge >= 0.3 is 12.1 Å². The average Bonchev–Trinajstić information content (AvgIpc) is 2.36. The number of carboxylic acids is 1. The summed E-state index contributed by atoms with van der Waals surface area (Å²) in [5.41, 5.74) is -0.773. The first kappa shape index (κ1) is 17.3. The fourth-order valence-electron chi connectivity index (χ4n) is 1.90. The predicted molar refractivity (Wildman–Crippen MR) is 70.9 cm³/mol. The third-order valence-electron chi connectivity index (χ3n) is 3.00. The van der Waals surface area contributed by atoms with Gasteiger partial charge in [0.05, 0.1) is 5.56 Å². The van der Waals surface area contributed by atoms with Crippen molar-refractivity contribution in [2.45, 2.75) is 44.9 Å². The Bertz CT molecular complexity index is 489. The van der Waals surface area contributed by atoms with Gasteiger partial charge in [0.2, 0.25) is 0 Å². The van der Waals surface area contributed by atoms with Gasteiger partial charge in [0.15, 0.2) is 0 Å². The molecular weight excluding hydrogens is 287 g/mol. The van der Waals surface area contributed by atoms with Crippen LogP contribution in [-0.4, -0.2) is 22.2 Å². The summed E-state index contributed by atoms with van der Waals surface area (Å²) in [6.45, 7) is 1.86. The summed E-state index contributed by atoms with van der Waals surface area (Å²) in [5.74, 6) is -1.54. The Kier molecular flexibility index (Phi) is 6.02. The van der Waals surface area contributed by atoms with Crippen LogP contribution in [0.5, 0.6) is 5.75 Å². The second-order valence-corrected chi connectivity index (χ2v) is 4.80. The Balaban J connectivity index is 2.78. The van der Waals surface area contributed by atoms with Crippen molar-refractivity contribution in [3.8, 4) is 5.75 Å². The smallest absolute Gasteiger partial charge is 0.416 e. The number of phenolic OH excluding ortho intramolecular Hbond substituents is 1. The zero-order valence-electron chi connectivity index (χ0n) is 11.6. The molecule has 1 aromatic rings. The monoisotopic (exact) mass is 305 g/mol. The maximum absolute atomic E-state index is 12.6. The largest absolute Gasteiger partial charge is 0.508 e. The van der Waals surface area contributed by atoms with E-state index in [9.17, 15) is 23.1 Å². The first-order valence-corrected chi connectivity index (χ1v) is 6.60. The molecular formula is C14H18F3NO3. The molecule has 0 aliphatic rings. The molecule has 0 fully saturated rings. The minimum absolute atomic E-state index is 0.0574. The number of aliphatic carboxylic acids is 1. The molecule has 1 unspecified atom stereocenters. The number of carboxylic acid groups (broad SMARTS) is 1. The lowest BCUT2D eigenvalue weighted by molar-refractivity contribution is -0.140. The first-order chi connectivity index (χ1) is 9.74. The van der Waals surface area contributed by atoms with E-state index in [0.717, 1.165) is 12.5 Å². The van der Waals surface area contributed by atoms with Crippen molar-refractivity contribution in [3.05, 3.63) is 29.3 Å². The molecule has 0 saturated carbocycles. The van der Waals surface area contributed by atoms with E-state index < -0.39 is 29.5 Å². The van der Waals surface area contributed by atoms with Crippen molar-refractivity contribution in [3.63, 3.8) is 0 Å². The molecule has 118 valence electrons. The van der Waals surface area contributed by atoms with Gasteiger partial charge in [-0.25, -0.2) is 0 Å². The quantitative estimate of drug-likeness (QED) is 0.724. The molecule has 1 aromatic carbocycles. The van der Waals surface area contributed by atoms with Crippen LogP contribution < -0.4 is 5.32 Å². The van der Waals surface area contributed by atoms with Crippen LogP contribution in [-0.2, 0) is 17.5 Å². The van der Waals surface area contributed by atoms with E-state index in [2.05, 4.69) is 5.32 Å². The molecule has 3 N–H and O–H groups in total. The van der Waals surface area contributed by atoms with Gasteiger partial charge in [-0.2, -0.15) is 13.2 Å². The van der Waals surface area contributed by atoms with Crippen LogP contribution in [0.2, 0.25) is 0 Å². The lowest BCUT2D eigenvalue weighted by atomic mass is 10.1. The number of phenols is 1. The van der Waals surface area contributed by atoms with Crippen molar-refractivity contribution in [2.75, 3.05) is 0 Å². The SMILES string of the molecule is CCCCC(NCc1cc(O)cc(C(F)(F)F)c1)C(=O)O. The third-order valence-corrected chi connectivity index (χ3v) is 3.00. The molecule has 0 saturated heterocycles. The van der Waals surface area contributed by atoms with Crippen LogP contribution in [0.15, 0.2) is 18.2 Å². The fraction of sp³-hybridized carbons (Fsp3) is 0.500. The molecule has 1 atom stereocenters. The Morgan fingerprint density at radius 1 is 1.33 bits per heavy atom. The molecule has 0 spiro atoms. The summed E-state index contributed by atoms with van der Waals surface area (Å²) < 4.78 is 37.8. The molecule has 0 amide bonds. The van der Waals surface area contributed by atoms with Crippen LogP contribution in [0.25, 0.3) is 0 Å². The van der Waals surface area contributed by atoms with Gasteiger partial charge in [0.25, 0.3) is 0 Å². The Hall–Kier alpha value is -1.76. The number of nitrogens with one attached hydrogen (secondary N) is 1. The number of benzene rings is 1. The topological polar surface area (TPSA) is 69.6 Å². The summed E-state index contributed by atoms with van der Waals surface area (Å²) in [7, 11) is 0. The van der Waals surface area contributed by atoms with Gasteiger partial charge in [0.1, 0.15) is 11.8 Å². The van der Waals surface area contributed by atoms with Gasteiger partial charge in [-0.15, -0.1) is 0 Å². The average molecular weight is 305 g/mol. The summed E-state index contributed by atoms with van der Waals surface area (Å²) >= 11 is 0. The van der Waals surface area contributed by atoms with Crippen molar-refractivity contribution >= 4 is 5.97 Å². The van der Waals surface area contributed by atoms with Crippen molar-refractivity contribution in [1.29, 1.82) is 0 Å². The van der Waals surface area contributed by atoms with Gasteiger partial charge in [-0.1, -0.05) is 19.8 Å². The molecule has 0 bridgehead atoms. The molecule has 0 radical (unpaired) electrons. The lowest BCUT2D eigenvalue weighted by Gasteiger charge is -2.15. The second-order valence-electron chi connectivity index (χ2n) is 4.80. The molecule has 0 aromatic heterocycles. The predicted octanol–water partition coefficient (Wildman–Crippen LogP) is 3.14. The van der Waals surface area contributed by atoms with Gasteiger partial charge in [-0.05, 0) is 30.2 Å². The molecule has 0 heterocycles. The zero-order valence-corrected chi connectivity index (χ0v) is 11.6. The van der Waals surface area contributed by atoms with E-state index >= 15 is 0 Å². The van der Waals surface area contributed by atoms with E-state index in [0.29, 0.717) is 18.9 Å². The number of rotatable bonds is 7. The molecule has 0 aliphatic heterocycles. The highest BCUT2D eigenvalue weighted by molar-refractivity contribution is 5.73. The second kappa shape index (κ2) is 7.31. The molecule has 1 rings (SSSR count). The van der Waals surface area contributed by atoms with Crippen LogP contribution in [0.3, 0.4) is 0 Å². The summed E-state index contributed by atoms with van der Waals surface area (Å²) in [6.07, 6.45) is -2.62. The normalized spacial score (nSPS) is 13.1. The third kappa shape index (κ3) is 5.63. The van der Waals surface area contributed by atoms with Crippen molar-refractivity contribution in [2.24, 2.45) is 0 Å². The molecule has 21 heavy (non-hydrogen) atoms. The zero-order chi connectivity index (χ0) is 16.0. The van der Waals surface area contributed by atoms with Gasteiger partial charge < -0.3 is 15.5 Å². The number of alkyl halides is 3.